The number of benzene rings is 4. The highest BCUT2D eigenvalue weighted by Gasteiger charge is 2.56. The summed E-state index contributed by atoms with van der Waals surface area (Å²) in [6.07, 6.45) is -1.07. The van der Waals surface area contributed by atoms with E-state index in [-0.39, 0.29) is 25.4 Å². The summed E-state index contributed by atoms with van der Waals surface area (Å²) in [7, 11) is 0. The number of hydrogen-bond acceptors (Lipinski definition) is 6. The van der Waals surface area contributed by atoms with Gasteiger partial charge in [0.05, 0.1) is 6.42 Å². The van der Waals surface area contributed by atoms with Crippen molar-refractivity contribution in [2.24, 2.45) is 0 Å². The fourth-order valence-corrected chi connectivity index (χ4v) is 5.69. The third-order valence-electron chi connectivity index (χ3n) is 7.78. The Labute approximate surface area is 264 Å². The monoisotopic (exact) mass is 605 g/mol. The summed E-state index contributed by atoms with van der Waals surface area (Å²) in [5.41, 5.74) is 2.03. The second kappa shape index (κ2) is 13.4. The van der Waals surface area contributed by atoms with Gasteiger partial charge in [0, 0.05) is 6.42 Å². The number of esters is 2. The van der Waals surface area contributed by atoms with E-state index in [0.29, 0.717) is 0 Å². The highest BCUT2D eigenvalue weighted by atomic mass is 16.6. The second-order valence-corrected chi connectivity index (χ2v) is 12.5. The molecule has 7 nitrogen and oxygen atoms in total. The Balaban J connectivity index is 1.51. The molecule has 0 spiro atoms. The van der Waals surface area contributed by atoms with Crippen LogP contribution in [0.4, 0.5) is 4.79 Å². The summed E-state index contributed by atoms with van der Waals surface area (Å²) in [5.74, 6) is -0.846. The van der Waals surface area contributed by atoms with Gasteiger partial charge in [-0.05, 0) is 55.5 Å². The van der Waals surface area contributed by atoms with Gasteiger partial charge in [-0.15, -0.1) is 0 Å². The van der Waals surface area contributed by atoms with Crippen molar-refractivity contribution in [2.75, 3.05) is 0 Å². The summed E-state index contributed by atoms with van der Waals surface area (Å²) in [6, 6.07) is 35.2. The lowest BCUT2D eigenvalue weighted by molar-refractivity contribution is -0.185. The lowest BCUT2D eigenvalue weighted by Gasteiger charge is -2.50. The van der Waals surface area contributed by atoms with Crippen molar-refractivity contribution in [2.45, 2.75) is 70.4 Å². The molecule has 0 N–H and O–H groups in total. The molecule has 1 heterocycles. The summed E-state index contributed by atoms with van der Waals surface area (Å²) in [4.78, 5) is 42.2. The topological polar surface area (TPSA) is 82.1 Å². The predicted molar refractivity (Wildman–Crippen MR) is 171 cm³/mol. The number of carbonyl (C=O) groups excluding carboxylic acids is 3. The van der Waals surface area contributed by atoms with Crippen LogP contribution < -0.4 is 0 Å². The first-order valence-electron chi connectivity index (χ1n) is 15.1. The highest BCUT2D eigenvalue weighted by Crippen LogP contribution is 2.47. The normalized spacial score (nSPS) is 19.8. The Morgan fingerprint density at radius 2 is 1.29 bits per heavy atom. The largest absolute Gasteiger partial charge is 0.460 e. The van der Waals surface area contributed by atoms with Crippen molar-refractivity contribution in [1.29, 1.82) is 0 Å². The van der Waals surface area contributed by atoms with Gasteiger partial charge in [-0.2, -0.15) is 0 Å². The molecule has 0 saturated carbocycles. The molecule has 1 aliphatic heterocycles. The SMILES string of the molecule is CC(C)(C)OC(=O)Cc1ccc(C[C@@]2(C)C(=O)O[C@H](c3ccccc3)[C@H](c3ccccc3)N2C(=O)OCc2ccccc2)cc1. The molecule has 0 aromatic heterocycles. The van der Waals surface area contributed by atoms with Gasteiger partial charge >= 0.3 is 18.0 Å². The van der Waals surface area contributed by atoms with Crippen LogP contribution in [0.25, 0.3) is 0 Å². The Morgan fingerprint density at radius 3 is 1.87 bits per heavy atom. The summed E-state index contributed by atoms with van der Waals surface area (Å²) < 4.78 is 17.6. The number of nitrogens with zero attached hydrogens (tertiary/aromatic N) is 1. The molecule has 0 unspecified atom stereocenters. The third kappa shape index (κ3) is 7.60. The van der Waals surface area contributed by atoms with Crippen molar-refractivity contribution in [1.82, 2.24) is 4.90 Å². The minimum Gasteiger partial charge on any atom is -0.460 e. The van der Waals surface area contributed by atoms with Crippen molar-refractivity contribution in [3.05, 3.63) is 143 Å². The smallest absolute Gasteiger partial charge is 0.411 e. The van der Waals surface area contributed by atoms with Crippen LogP contribution >= 0.6 is 0 Å². The van der Waals surface area contributed by atoms with Gasteiger partial charge < -0.3 is 14.2 Å². The third-order valence-corrected chi connectivity index (χ3v) is 7.78. The van der Waals surface area contributed by atoms with Crippen LogP contribution in [-0.2, 0) is 43.2 Å². The van der Waals surface area contributed by atoms with Crippen LogP contribution in [0, 0.1) is 0 Å². The van der Waals surface area contributed by atoms with Crippen LogP contribution in [-0.4, -0.2) is 34.1 Å². The van der Waals surface area contributed by atoms with Crippen molar-refractivity contribution >= 4 is 18.0 Å². The standard InChI is InChI=1S/C38H39NO6/c1-37(2,3)45-32(40)24-27-20-22-28(23-21-27)25-38(4)35(41)44-34(31-18-12-7-13-19-31)33(30-16-10-6-11-17-30)39(38)36(42)43-26-29-14-8-5-9-15-29/h5-23,33-34H,24-26H2,1-4H3/t33-,34+,38-/m0/s1. The Hall–Kier alpha value is -4.91. The molecule has 232 valence electrons. The van der Waals surface area contributed by atoms with Crippen molar-refractivity contribution < 1.29 is 28.6 Å². The first kappa shape index (κ1) is 31.5. The first-order chi connectivity index (χ1) is 21.5. The fraction of sp³-hybridized carbons (Fsp3) is 0.289. The zero-order chi connectivity index (χ0) is 32.0. The van der Waals surface area contributed by atoms with Gasteiger partial charge in [0.2, 0.25) is 0 Å². The average molecular weight is 606 g/mol. The summed E-state index contributed by atoms with van der Waals surface area (Å²) in [5, 5.41) is 0. The molecule has 1 aliphatic rings. The number of hydrogen-bond donors (Lipinski definition) is 0. The van der Waals surface area contributed by atoms with E-state index in [1.807, 2.05) is 136 Å². The van der Waals surface area contributed by atoms with E-state index in [0.717, 1.165) is 27.8 Å². The van der Waals surface area contributed by atoms with E-state index in [1.54, 1.807) is 11.8 Å². The second-order valence-electron chi connectivity index (χ2n) is 12.5. The number of cyclic esters (lactones) is 1. The molecule has 1 fully saturated rings. The molecule has 45 heavy (non-hydrogen) atoms. The van der Waals surface area contributed by atoms with E-state index in [2.05, 4.69) is 0 Å². The summed E-state index contributed by atoms with van der Waals surface area (Å²) >= 11 is 0. The number of morpholine rings is 1. The molecular formula is C38H39NO6. The molecule has 7 heteroatoms. The maximum atomic E-state index is 14.2. The molecule has 0 radical (unpaired) electrons. The quantitative estimate of drug-likeness (QED) is 0.152. The van der Waals surface area contributed by atoms with Gasteiger partial charge in [-0.1, -0.05) is 115 Å². The van der Waals surface area contributed by atoms with Gasteiger partial charge in [-0.25, -0.2) is 9.59 Å². The zero-order valence-corrected chi connectivity index (χ0v) is 26.1. The van der Waals surface area contributed by atoms with Crippen molar-refractivity contribution in [3.63, 3.8) is 0 Å². The number of ether oxygens (including phenoxy) is 3. The summed E-state index contributed by atoms with van der Waals surface area (Å²) in [6.45, 7) is 7.28. The predicted octanol–water partition coefficient (Wildman–Crippen LogP) is 7.55. The molecule has 1 amide bonds. The Kier molecular flexibility index (Phi) is 9.37. The average Bonchev–Trinajstić information content (AvgIpc) is 3.02. The van der Waals surface area contributed by atoms with E-state index >= 15 is 0 Å². The zero-order valence-electron chi connectivity index (χ0n) is 26.1. The van der Waals surface area contributed by atoms with E-state index in [4.69, 9.17) is 14.2 Å². The van der Waals surface area contributed by atoms with E-state index < -0.39 is 35.3 Å². The number of rotatable bonds is 8. The van der Waals surface area contributed by atoms with Crippen LogP contribution in [0.2, 0.25) is 0 Å². The van der Waals surface area contributed by atoms with Gasteiger partial charge in [0.25, 0.3) is 0 Å². The lowest BCUT2D eigenvalue weighted by Crippen LogP contribution is -2.63. The molecule has 1 saturated heterocycles. The van der Waals surface area contributed by atoms with Crippen LogP contribution in [0.1, 0.15) is 67.7 Å². The molecule has 4 aromatic rings. The molecular weight excluding hydrogens is 566 g/mol. The van der Waals surface area contributed by atoms with E-state index in [9.17, 15) is 14.4 Å². The maximum absolute atomic E-state index is 14.2. The minimum absolute atomic E-state index is 0.0537. The van der Waals surface area contributed by atoms with Crippen LogP contribution in [0.15, 0.2) is 115 Å². The first-order valence-corrected chi connectivity index (χ1v) is 15.1. The Bertz CT molecular complexity index is 1600. The maximum Gasteiger partial charge on any atom is 0.411 e. The molecule has 5 rings (SSSR count). The minimum atomic E-state index is -1.41. The molecule has 3 atom stereocenters. The van der Waals surface area contributed by atoms with Gasteiger partial charge in [-0.3, -0.25) is 9.69 Å². The lowest BCUT2D eigenvalue weighted by atomic mass is 9.83. The molecule has 0 bridgehead atoms. The van der Waals surface area contributed by atoms with Crippen LogP contribution in [0.3, 0.4) is 0 Å². The molecule has 0 aliphatic carbocycles. The highest BCUT2D eigenvalue weighted by molar-refractivity contribution is 5.88. The fourth-order valence-electron chi connectivity index (χ4n) is 5.69. The number of amides is 1. The van der Waals surface area contributed by atoms with Crippen molar-refractivity contribution in [3.8, 4) is 0 Å². The Morgan fingerprint density at radius 1 is 0.756 bits per heavy atom. The van der Waals surface area contributed by atoms with Gasteiger partial charge in [0.15, 0.2) is 6.10 Å². The number of carbonyl (C=O) groups is 3. The van der Waals surface area contributed by atoms with E-state index in [1.165, 1.54) is 0 Å². The van der Waals surface area contributed by atoms with Gasteiger partial charge in [0.1, 0.15) is 23.8 Å². The molecule has 4 aromatic carbocycles. The van der Waals surface area contributed by atoms with Crippen LogP contribution in [0.5, 0.6) is 0 Å².